The number of rotatable bonds is 40. The average Bonchev–Trinajstić information content (AvgIpc) is 1.45. The molecule has 0 spiro atoms. The van der Waals surface area contributed by atoms with Gasteiger partial charge in [-0.1, -0.05) is 144 Å². The molecule has 776 valence electrons. The first-order valence-corrected chi connectivity index (χ1v) is 45.0. The highest BCUT2D eigenvalue weighted by atomic mass is 32.2. The fourth-order valence-electron chi connectivity index (χ4n) is 12.7. The first-order valence-electron chi connectivity index (χ1n) is 74.8. The fourth-order valence-corrected chi connectivity index (χ4v) is 14.8. The van der Waals surface area contributed by atoms with Gasteiger partial charge in [0.25, 0.3) is 0 Å². The molecular formula is C96H124F4N24O16S4. The van der Waals surface area contributed by atoms with Crippen LogP contribution in [0.5, 0.6) is 0 Å². The number of aliphatic hydroxyl groups is 12. The van der Waals surface area contributed by atoms with E-state index in [0.29, 0.717) is 23.5 Å². The van der Waals surface area contributed by atoms with Crippen molar-refractivity contribution in [2.45, 2.75) is 297 Å². The van der Waals surface area contributed by atoms with Gasteiger partial charge in [0.2, 0.25) is 0 Å². The number of anilines is 4. The molecule has 40 nitrogen and oxygen atoms in total. The van der Waals surface area contributed by atoms with Gasteiger partial charge in [0.1, 0.15) is 71.9 Å². The Labute approximate surface area is 936 Å². The molecule has 144 heavy (non-hydrogen) atoms. The van der Waals surface area contributed by atoms with Gasteiger partial charge in [-0.05, 0) is 147 Å². The van der Waals surface area contributed by atoms with E-state index in [2.05, 4.69) is 112 Å². The summed E-state index contributed by atoms with van der Waals surface area (Å²) in [5.41, 5.74) is -19.9. The van der Waals surface area contributed by atoms with Crippen molar-refractivity contribution in [3.63, 3.8) is 0 Å². The van der Waals surface area contributed by atoms with E-state index in [1.165, 1.54) is 20.8 Å². The molecule has 12 aromatic rings. The number of hydrogen-bond acceptors (Lipinski definition) is 40. The van der Waals surface area contributed by atoms with Gasteiger partial charge in [-0.25, -0.2) is 76.2 Å². The summed E-state index contributed by atoms with van der Waals surface area (Å²) in [4.78, 5) is 32.4. The molecule has 0 bridgehead atoms. The summed E-state index contributed by atoms with van der Waals surface area (Å²) in [6, 6.07) is -35.8. The Morgan fingerprint density at radius 1 is 0.361 bits per heavy atom. The van der Waals surface area contributed by atoms with Crippen LogP contribution in [-0.2, 0) is 18.9 Å². The van der Waals surface area contributed by atoms with Crippen LogP contribution in [0.15, 0.2) is 93.1 Å². The van der Waals surface area contributed by atoms with E-state index < -0.39 is 484 Å². The number of nitrogens with zero attached hydrogens (tertiary/aromatic N) is 20. The van der Waals surface area contributed by atoms with Crippen LogP contribution in [0.25, 0.3) is 44.7 Å². The van der Waals surface area contributed by atoms with Crippen LogP contribution in [0.3, 0.4) is 0 Å². The fraction of sp³-hybridized carbons (Fsp3) is 0.583. The van der Waals surface area contributed by atoms with E-state index in [4.69, 9.17) is 99.9 Å². The molecular weight excluding hydrogens is 1950 g/mol. The number of ether oxygens (including phenoxy) is 4. The molecule has 8 saturated carbocycles. The molecule has 0 saturated heterocycles. The lowest BCUT2D eigenvalue weighted by Gasteiger charge is -2.17. The van der Waals surface area contributed by atoms with Crippen LogP contribution in [0, 0.1) is 51.0 Å². The van der Waals surface area contributed by atoms with E-state index in [1.54, 1.807) is 0 Å². The maximum Gasteiger partial charge on any atom is 0.191 e. The predicted molar refractivity (Wildman–Crippen MR) is 530 cm³/mol. The Bertz CT molecular complexity index is 10100. The topological polar surface area (TPSA) is 554 Å². The van der Waals surface area contributed by atoms with Gasteiger partial charge >= 0.3 is 0 Å². The average molecular weight is 2140 g/mol. The Kier molecular flexibility index (Phi) is 16.8. The van der Waals surface area contributed by atoms with Crippen molar-refractivity contribution in [3.8, 4) is 0 Å². The van der Waals surface area contributed by atoms with Gasteiger partial charge in [0, 0.05) is 132 Å². The second kappa shape index (κ2) is 47.3. The monoisotopic (exact) mass is 2140 g/mol. The molecule has 16 N–H and O–H groups in total. The molecule has 8 aliphatic rings. The van der Waals surface area contributed by atoms with Crippen molar-refractivity contribution in [2.75, 3.05) is 96.8 Å². The number of fused-ring (bicyclic) bond motifs is 4. The van der Waals surface area contributed by atoms with E-state index in [0.717, 1.165) is 34.6 Å². The van der Waals surface area contributed by atoms with Gasteiger partial charge in [0.15, 0.2) is 88.6 Å². The van der Waals surface area contributed by atoms with Crippen LogP contribution in [-0.4, -0.2) is 334 Å². The normalized spacial score (nSPS) is 48.2. The second-order valence-corrected chi connectivity index (χ2v) is 32.8. The molecule has 8 fully saturated rings. The summed E-state index contributed by atoms with van der Waals surface area (Å²) < 4.78 is 631. The van der Waals surface area contributed by atoms with E-state index in [1.807, 2.05) is 0 Å². The molecule has 4 aromatic carbocycles. The first-order chi connectivity index (χ1) is 94.2. The third-order valence-corrected chi connectivity index (χ3v) is 22.9. The number of aliphatic hydroxyl groups excluding tert-OH is 2. The van der Waals surface area contributed by atoms with E-state index in [-0.39, 0.29) is 83.8 Å². The zero-order valence-corrected chi connectivity index (χ0v) is 78.1. The summed E-state index contributed by atoms with van der Waals surface area (Å²) >= 11 is 0.910. The zero-order valence-electron chi connectivity index (χ0n) is 141. The summed E-state index contributed by atoms with van der Waals surface area (Å²) in [6.45, 7) is -10.1. The number of aromatic nitrogens is 20. The maximum absolute atomic E-state index is 14.9. The molecule has 8 heterocycles. The van der Waals surface area contributed by atoms with Gasteiger partial charge in [0.05, 0.1) is 156 Å². The molecule has 8 aromatic heterocycles. The maximum atomic E-state index is 14.9. The van der Waals surface area contributed by atoms with Gasteiger partial charge in [-0.2, -0.15) is 0 Å². The van der Waals surface area contributed by atoms with Crippen molar-refractivity contribution in [1.82, 2.24) is 99.8 Å². The lowest BCUT2D eigenvalue weighted by atomic mass is 10.1. The molecule has 20 rings (SSSR count). The number of nitrogens with one attached hydrogen (secondary N) is 4. The third kappa shape index (κ3) is 23.8. The van der Waals surface area contributed by atoms with Crippen LogP contribution >= 0.6 is 47.0 Å². The van der Waals surface area contributed by atoms with E-state index in [9.17, 15) is 78.8 Å². The Balaban J connectivity index is 0.000000180. The predicted octanol–water partition coefficient (Wildman–Crippen LogP) is 8.73. The Hall–Kier alpha value is -9.52. The number of benzene rings is 4. The van der Waals surface area contributed by atoms with Crippen molar-refractivity contribution in [1.29, 1.82) is 0 Å². The quantitative estimate of drug-likeness (QED) is 0.00969. The molecule has 0 radical (unpaired) electrons. The van der Waals surface area contributed by atoms with Crippen molar-refractivity contribution in [3.05, 3.63) is 140 Å². The molecule has 24 atom stereocenters. The minimum atomic E-state index is -4.45. The Morgan fingerprint density at radius 2 is 0.632 bits per heavy atom. The smallest absolute Gasteiger partial charge is 0.191 e. The highest BCUT2D eigenvalue weighted by Crippen LogP contribution is 2.50. The highest BCUT2D eigenvalue weighted by Gasteiger charge is 2.51. The van der Waals surface area contributed by atoms with Crippen molar-refractivity contribution in [2.24, 2.45) is 0 Å². The largest absolute Gasteiger partial charge is 0.394 e. The molecule has 0 aliphatic heterocycles. The zero-order chi connectivity index (χ0) is 161. The van der Waals surface area contributed by atoms with Crippen LogP contribution < -0.4 is 21.3 Å². The SMILES string of the molecule is [2H]c1c([2H])c([C@@H]2C([2H])([2H])[C@@]2([2H])Nc2nc(SC([2H])([2H])C([2H])([2H])C)nc3c2nnn3[C@]2([2H])C([2H])([2H])[C@]([2H])(OCCO)[C@@]([2H])(O)[C@@]2([2H])O)c([2H])c(F)c1C.[2H]c1c([2H])c([C@@H]2C([2H])([2H])[C@@]2([2H])Nc2nc(SC([2H])([2H])CC)nc3c2nnn3[C@]2([2H])C([2H])([2H])[C@]([2H])(OC([2H])([2H])C([2H])([2H])O)[C@@]([2H])(O)[C@@]2([2H])O)c([2H])c(F)c1C.[2H]c1c([2H])c([C@@H]2C([2H])([2H])[C@@]2([2H])Nc2nc(SC([2H])([2H])CC)nc3c2nnn3[C@]2([2H])C([2H])([2H])[C@]([2H])(OC([2H])([2H])CO)[C@@]([2H])(O)[C@@]2([2H])O)c([2H])c(F)c1C.[2H]c1c([2H])c([C@@H]2C([2H])([2H])[C@@]2([2H])Nc2nc(SC([2H])([2H])CC)nc3c2nnn3[C@]2([2H])C([2H])([2H])[C@]([2H])(OCC([2H])([2H])O)[C@@]([2H])(O)[C@@]2([2H])O)c([2H])c(F)c1C. The molecule has 8 aliphatic carbocycles. The van der Waals surface area contributed by atoms with Crippen molar-refractivity contribution >= 4 is 115 Å². The van der Waals surface area contributed by atoms with E-state index >= 15 is 0 Å². The molecule has 48 heteroatoms. The summed E-state index contributed by atoms with van der Waals surface area (Å²) in [5.74, 6) is -15.1. The third-order valence-electron chi connectivity index (χ3n) is 19.8. The minimum Gasteiger partial charge on any atom is -0.394 e. The molecule has 0 unspecified atom stereocenters. The van der Waals surface area contributed by atoms with Crippen LogP contribution in [0.1, 0.15) is 287 Å². The standard InChI is InChI=1S/4C24H31FN6O4S/c4*1-3-8-36-24-27-22(26-16-10-14(16)13-5-4-12(2)15(25)9-13)19-23(28-24)31(30-29-19)17-11-18(35-7-6-32)21(34)20(17)33/h4*4-5,9,14,16-18,20-21,32-34H,3,6-8,10-11H2,1-2H3,(H,26,27,28)/t4*14-,16+,17+,18-,20-,21+/m0000/s1/i4D,5D,6D2,7D2,8D2,9D,10D2,11D2,16D,17D,18D,20D,21D;4D,5D,7D2,8D2,9D,10D2,11D2,16D,17D,18D,20D,21D;4D,5D,6D2,8D2,9D,10D2,11D2,16D,17D,18D,20D,21D;3D2,4D,5D,8D2,9D,10D2,11D2,16D,17D,18D,20D,21D. The molecule has 0 amide bonds. The lowest BCUT2D eigenvalue weighted by molar-refractivity contribution is -0.0629. The van der Waals surface area contributed by atoms with Crippen LogP contribution in [0.2, 0.25) is 0 Å². The summed E-state index contributed by atoms with van der Waals surface area (Å²) in [7, 11) is 0. The number of hydrogen-bond donors (Lipinski definition) is 16. The minimum absolute atomic E-state index is 0.00266. The Morgan fingerprint density at radius 3 is 0.889 bits per heavy atom. The van der Waals surface area contributed by atoms with Gasteiger partial charge in [-0.3, -0.25) is 0 Å². The summed E-state index contributed by atoms with van der Waals surface area (Å²) in [5, 5.41) is 163. The lowest BCUT2D eigenvalue weighted by Crippen LogP contribution is -2.33. The second-order valence-electron chi connectivity index (χ2n) is 29.5. The van der Waals surface area contributed by atoms with Crippen LogP contribution in [0.4, 0.5) is 40.8 Å². The number of halogens is 4. The van der Waals surface area contributed by atoms with Crippen molar-refractivity contribution < 1.29 is 188 Å². The number of thioether (sulfide) groups is 4. The highest BCUT2D eigenvalue weighted by molar-refractivity contribution is 7.99. The summed E-state index contributed by atoms with van der Waals surface area (Å²) in [6.07, 6.45) is -80.1. The van der Waals surface area contributed by atoms with Gasteiger partial charge in [-0.15, -0.1) is 20.4 Å². The first kappa shape index (κ1) is 51.1. The van der Waals surface area contributed by atoms with Gasteiger partial charge < -0.3 is 101 Å².